The third-order valence-corrected chi connectivity index (χ3v) is 3.19. The molecule has 0 heterocycles. The van der Waals surface area contributed by atoms with Crippen LogP contribution in [0, 0.1) is 11.8 Å². The molecular formula is C18H29NO. The Morgan fingerprint density at radius 1 is 1.10 bits per heavy atom. The van der Waals surface area contributed by atoms with Gasteiger partial charge in [-0.15, -0.1) is 0 Å². The Labute approximate surface area is 124 Å². The fourth-order valence-corrected chi connectivity index (χ4v) is 2.00. The maximum atomic E-state index is 6.23. The molecule has 0 aliphatic carbocycles. The zero-order valence-electron chi connectivity index (χ0n) is 13.5. The van der Waals surface area contributed by atoms with Crippen LogP contribution in [0.25, 0.3) is 6.08 Å². The summed E-state index contributed by atoms with van der Waals surface area (Å²) in [6.45, 7) is 12.8. The summed E-state index contributed by atoms with van der Waals surface area (Å²) in [6.07, 6.45) is 4.33. The van der Waals surface area contributed by atoms with Crippen LogP contribution in [0.4, 0.5) is 0 Å². The minimum atomic E-state index is 0.195. The van der Waals surface area contributed by atoms with Gasteiger partial charge in [0.2, 0.25) is 0 Å². The van der Waals surface area contributed by atoms with Gasteiger partial charge in [0.05, 0.1) is 0 Å². The topological polar surface area (TPSA) is 21.3 Å². The summed E-state index contributed by atoms with van der Waals surface area (Å²) in [5, 5.41) is 3.49. The molecule has 0 spiro atoms. The van der Waals surface area contributed by atoms with E-state index in [4.69, 9.17) is 4.74 Å². The normalized spacial score (nSPS) is 13.3. The first-order valence-corrected chi connectivity index (χ1v) is 7.63. The average molecular weight is 275 g/mol. The van der Waals surface area contributed by atoms with Crippen molar-refractivity contribution < 1.29 is 4.74 Å². The predicted octanol–water partition coefficient (Wildman–Crippen LogP) is 4.37. The second-order valence-corrected chi connectivity index (χ2v) is 5.99. The molecule has 2 heteroatoms. The Morgan fingerprint density at radius 3 is 2.40 bits per heavy atom. The molecular weight excluding hydrogens is 246 g/mol. The maximum Gasteiger partial charge on any atom is 0.127 e. The lowest BCUT2D eigenvalue weighted by atomic mass is 10.1. The minimum Gasteiger partial charge on any atom is -0.488 e. The van der Waals surface area contributed by atoms with Crippen molar-refractivity contribution in [3.05, 3.63) is 35.9 Å². The van der Waals surface area contributed by atoms with E-state index in [2.05, 4.69) is 45.2 Å². The molecule has 1 atom stereocenters. The van der Waals surface area contributed by atoms with E-state index in [0.717, 1.165) is 24.4 Å². The predicted molar refractivity (Wildman–Crippen MR) is 88.1 cm³/mol. The van der Waals surface area contributed by atoms with Crippen LogP contribution in [0.2, 0.25) is 0 Å². The summed E-state index contributed by atoms with van der Waals surface area (Å²) >= 11 is 0. The van der Waals surface area contributed by atoms with Gasteiger partial charge < -0.3 is 10.1 Å². The molecule has 1 rings (SSSR count). The van der Waals surface area contributed by atoms with Crippen molar-refractivity contribution >= 4 is 6.08 Å². The Morgan fingerprint density at radius 2 is 1.80 bits per heavy atom. The molecule has 0 aliphatic heterocycles. The number of hydrogen-bond acceptors (Lipinski definition) is 2. The van der Waals surface area contributed by atoms with Crippen molar-refractivity contribution in [3.63, 3.8) is 0 Å². The second kappa shape index (κ2) is 8.80. The van der Waals surface area contributed by atoms with E-state index in [-0.39, 0.29) is 6.10 Å². The lowest BCUT2D eigenvalue weighted by molar-refractivity contribution is 0.147. The summed E-state index contributed by atoms with van der Waals surface area (Å²) in [6, 6.07) is 8.21. The van der Waals surface area contributed by atoms with Crippen molar-refractivity contribution in [2.24, 2.45) is 11.8 Å². The van der Waals surface area contributed by atoms with Gasteiger partial charge in [0.25, 0.3) is 0 Å². The summed E-state index contributed by atoms with van der Waals surface area (Å²) < 4.78 is 6.23. The van der Waals surface area contributed by atoms with Gasteiger partial charge in [-0.05, 0) is 31.4 Å². The Bertz CT molecular complexity index is 410. The first-order chi connectivity index (χ1) is 9.54. The number of allylic oxidation sites excluding steroid dienone is 1. The summed E-state index contributed by atoms with van der Waals surface area (Å²) in [4.78, 5) is 0. The zero-order valence-corrected chi connectivity index (χ0v) is 13.5. The fraction of sp³-hybridized carbons (Fsp3) is 0.556. The Kier molecular flexibility index (Phi) is 7.38. The smallest absolute Gasteiger partial charge is 0.127 e. The van der Waals surface area contributed by atoms with Crippen molar-refractivity contribution in [1.82, 2.24) is 5.32 Å². The third kappa shape index (κ3) is 5.79. The van der Waals surface area contributed by atoms with E-state index in [1.165, 1.54) is 0 Å². The van der Waals surface area contributed by atoms with E-state index in [1.807, 2.05) is 31.2 Å². The van der Waals surface area contributed by atoms with Gasteiger partial charge >= 0.3 is 0 Å². The lowest BCUT2D eigenvalue weighted by Crippen LogP contribution is -2.37. The molecule has 0 aliphatic rings. The number of nitrogens with one attached hydrogen (secondary N) is 1. The van der Waals surface area contributed by atoms with Gasteiger partial charge in [-0.2, -0.15) is 0 Å². The summed E-state index contributed by atoms with van der Waals surface area (Å²) in [7, 11) is 0. The highest BCUT2D eigenvalue weighted by atomic mass is 16.5. The molecule has 20 heavy (non-hydrogen) atoms. The number of rotatable bonds is 8. The Hall–Kier alpha value is -1.28. The number of ether oxygens (including phenoxy) is 1. The molecule has 0 saturated carbocycles. The number of benzene rings is 1. The molecule has 0 amide bonds. The first-order valence-electron chi connectivity index (χ1n) is 7.63. The number of para-hydroxylation sites is 1. The van der Waals surface area contributed by atoms with Gasteiger partial charge in [0.15, 0.2) is 0 Å². The zero-order chi connectivity index (χ0) is 15.0. The van der Waals surface area contributed by atoms with E-state index >= 15 is 0 Å². The van der Waals surface area contributed by atoms with Crippen LogP contribution in [-0.4, -0.2) is 19.2 Å². The van der Waals surface area contributed by atoms with Crippen molar-refractivity contribution in [1.29, 1.82) is 0 Å². The van der Waals surface area contributed by atoms with Crippen LogP contribution in [0.3, 0.4) is 0 Å². The first kappa shape index (κ1) is 16.8. The van der Waals surface area contributed by atoms with Gasteiger partial charge in [0.1, 0.15) is 11.9 Å². The van der Waals surface area contributed by atoms with Crippen LogP contribution < -0.4 is 10.1 Å². The molecule has 1 N–H and O–H groups in total. The molecule has 112 valence electrons. The van der Waals surface area contributed by atoms with Crippen LogP contribution in [0.5, 0.6) is 5.75 Å². The van der Waals surface area contributed by atoms with E-state index in [9.17, 15) is 0 Å². The van der Waals surface area contributed by atoms with E-state index in [1.54, 1.807) is 0 Å². The molecule has 2 nitrogen and oxygen atoms in total. The van der Waals surface area contributed by atoms with Crippen molar-refractivity contribution in [3.8, 4) is 5.75 Å². The SMILES string of the molecule is CC=Cc1ccccc1OC(CNCC(C)C)C(C)C. The van der Waals surface area contributed by atoms with Gasteiger partial charge in [-0.3, -0.25) is 0 Å². The average Bonchev–Trinajstić information content (AvgIpc) is 2.39. The highest BCUT2D eigenvalue weighted by molar-refractivity contribution is 5.56. The molecule has 1 aromatic carbocycles. The van der Waals surface area contributed by atoms with Crippen molar-refractivity contribution in [2.45, 2.75) is 40.7 Å². The molecule has 0 radical (unpaired) electrons. The lowest BCUT2D eigenvalue weighted by Gasteiger charge is -2.24. The highest BCUT2D eigenvalue weighted by Gasteiger charge is 2.16. The van der Waals surface area contributed by atoms with E-state index in [0.29, 0.717) is 11.8 Å². The second-order valence-electron chi connectivity index (χ2n) is 5.99. The summed E-state index contributed by atoms with van der Waals surface area (Å²) in [5.74, 6) is 2.11. The monoisotopic (exact) mass is 275 g/mol. The minimum absolute atomic E-state index is 0.195. The molecule has 0 aromatic heterocycles. The molecule has 0 bridgehead atoms. The quantitative estimate of drug-likeness (QED) is 0.760. The molecule has 0 saturated heterocycles. The van der Waals surface area contributed by atoms with Crippen LogP contribution in [0.1, 0.15) is 40.2 Å². The standard InChI is InChI=1S/C18H29NO/c1-6-9-16-10-7-8-11-17(16)20-18(15(4)5)13-19-12-14(2)3/h6-11,14-15,18-19H,12-13H2,1-5H3. The Balaban J connectivity index is 2.70. The van der Waals surface area contributed by atoms with Crippen LogP contribution in [0.15, 0.2) is 30.3 Å². The third-order valence-electron chi connectivity index (χ3n) is 3.19. The number of hydrogen-bond donors (Lipinski definition) is 1. The summed E-state index contributed by atoms with van der Waals surface area (Å²) in [5.41, 5.74) is 1.14. The van der Waals surface area contributed by atoms with Crippen LogP contribution >= 0.6 is 0 Å². The highest BCUT2D eigenvalue weighted by Crippen LogP contribution is 2.22. The van der Waals surface area contributed by atoms with Gasteiger partial charge in [-0.25, -0.2) is 0 Å². The fourth-order valence-electron chi connectivity index (χ4n) is 2.00. The molecule has 1 unspecified atom stereocenters. The molecule has 0 fully saturated rings. The van der Waals surface area contributed by atoms with Gasteiger partial charge in [0, 0.05) is 12.1 Å². The maximum absolute atomic E-state index is 6.23. The van der Waals surface area contributed by atoms with Crippen LogP contribution in [-0.2, 0) is 0 Å². The van der Waals surface area contributed by atoms with E-state index < -0.39 is 0 Å². The van der Waals surface area contributed by atoms with Gasteiger partial charge in [-0.1, -0.05) is 58.0 Å². The largest absolute Gasteiger partial charge is 0.488 e. The van der Waals surface area contributed by atoms with Crippen molar-refractivity contribution in [2.75, 3.05) is 13.1 Å². The molecule has 1 aromatic rings.